The lowest BCUT2D eigenvalue weighted by Gasteiger charge is -2.14. The van der Waals surface area contributed by atoms with Gasteiger partial charge in [-0.1, -0.05) is 12.1 Å². The van der Waals surface area contributed by atoms with E-state index in [0.717, 1.165) is 33.4 Å². The second-order valence-corrected chi connectivity index (χ2v) is 7.57. The molecular formula is C24H22N4. The topological polar surface area (TPSA) is 35.6 Å². The van der Waals surface area contributed by atoms with E-state index in [9.17, 15) is 0 Å². The average Bonchev–Trinajstić information content (AvgIpc) is 3.26. The van der Waals surface area contributed by atoms with Crippen molar-refractivity contribution in [2.45, 2.75) is 27.7 Å². The van der Waals surface area contributed by atoms with Crippen LogP contribution in [0.15, 0.2) is 61.2 Å². The van der Waals surface area contributed by atoms with Gasteiger partial charge >= 0.3 is 0 Å². The predicted molar refractivity (Wildman–Crippen MR) is 115 cm³/mol. The fraction of sp³-hybridized carbons (Fsp3) is 0.167. The molecule has 0 aliphatic rings. The molecule has 2 heterocycles. The van der Waals surface area contributed by atoms with Gasteiger partial charge in [0, 0.05) is 0 Å². The summed E-state index contributed by atoms with van der Waals surface area (Å²) in [6.45, 7) is 8.55. The van der Waals surface area contributed by atoms with E-state index in [-0.39, 0.29) is 0 Å². The van der Waals surface area contributed by atoms with Crippen LogP contribution in [0, 0.1) is 27.7 Å². The van der Waals surface area contributed by atoms with Crippen molar-refractivity contribution in [2.24, 2.45) is 0 Å². The molecule has 3 aromatic carbocycles. The van der Waals surface area contributed by atoms with Gasteiger partial charge in [0.1, 0.15) is 12.7 Å². The quantitative estimate of drug-likeness (QED) is 0.408. The summed E-state index contributed by atoms with van der Waals surface area (Å²) in [5, 5.41) is 0. The van der Waals surface area contributed by atoms with Gasteiger partial charge in [0.2, 0.25) is 0 Å². The van der Waals surface area contributed by atoms with Crippen molar-refractivity contribution < 1.29 is 0 Å². The largest absolute Gasteiger partial charge is 0.297 e. The van der Waals surface area contributed by atoms with Gasteiger partial charge in [0.05, 0.1) is 33.4 Å². The van der Waals surface area contributed by atoms with Crippen molar-refractivity contribution in [1.29, 1.82) is 0 Å². The third-order valence-corrected chi connectivity index (χ3v) is 5.73. The lowest BCUT2D eigenvalue weighted by molar-refractivity contribution is 1.02. The molecule has 5 aromatic rings. The highest BCUT2D eigenvalue weighted by Crippen LogP contribution is 2.28. The fourth-order valence-corrected chi connectivity index (χ4v) is 3.78. The van der Waals surface area contributed by atoms with Crippen molar-refractivity contribution in [3.8, 4) is 11.4 Å². The molecule has 4 heteroatoms. The van der Waals surface area contributed by atoms with Crippen molar-refractivity contribution in [1.82, 2.24) is 19.1 Å². The van der Waals surface area contributed by atoms with Crippen LogP contribution in [0.3, 0.4) is 0 Å². The number of aryl methyl sites for hydroxylation is 4. The highest BCUT2D eigenvalue weighted by atomic mass is 15.1. The fourth-order valence-electron chi connectivity index (χ4n) is 3.78. The third-order valence-electron chi connectivity index (χ3n) is 5.73. The first-order valence-electron chi connectivity index (χ1n) is 9.51. The Morgan fingerprint density at radius 1 is 0.571 bits per heavy atom. The first-order valence-corrected chi connectivity index (χ1v) is 9.51. The summed E-state index contributed by atoms with van der Waals surface area (Å²) in [4.78, 5) is 9.29. The van der Waals surface area contributed by atoms with Gasteiger partial charge in [-0.15, -0.1) is 0 Å². The van der Waals surface area contributed by atoms with E-state index in [1.54, 1.807) is 0 Å². The Kier molecular flexibility index (Phi) is 3.63. The molecule has 0 saturated heterocycles. The normalized spacial score (nSPS) is 11.6. The van der Waals surface area contributed by atoms with E-state index in [2.05, 4.69) is 95.3 Å². The SMILES string of the molecule is Cc1cc2ncn(-c3ccccc3-n3cnc4cc(C)c(C)cc43)c2cc1C. The molecule has 28 heavy (non-hydrogen) atoms. The molecule has 0 bridgehead atoms. The maximum Gasteiger partial charge on any atom is 0.100 e. The minimum Gasteiger partial charge on any atom is -0.297 e. The molecule has 138 valence electrons. The summed E-state index contributed by atoms with van der Waals surface area (Å²) in [6, 6.07) is 17.2. The lowest BCUT2D eigenvalue weighted by atomic mass is 10.1. The number of nitrogens with zero attached hydrogens (tertiary/aromatic N) is 4. The summed E-state index contributed by atoms with van der Waals surface area (Å²) in [5.41, 5.74) is 11.5. The van der Waals surface area contributed by atoms with E-state index < -0.39 is 0 Å². The molecule has 0 N–H and O–H groups in total. The highest BCUT2D eigenvalue weighted by molar-refractivity contribution is 5.83. The molecule has 0 aliphatic heterocycles. The smallest absolute Gasteiger partial charge is 0.100 e. The van der Waals surface area contributed by atoms with Crippen molar-refractivity contribution in [3.63, 3.8) is 0 Å². The second-order valence-electron chi connectivity index (χ2n) is 7.57. The Morgan fingerprint density at radius 3 is 1.39 bits per heavy atom. The Morgan fingerprint density at radius 2 is 0.964 bits per heavy atom. The van der Waals surface area contributed by atoms with E-state index in [1.165, 1.54) is 22.3 Å². The predicted octanol–water partition coefficient (Wildman–Crippen LogP) is 5.60. The Labute approximate surface area is 164 Å². The maximum absolute atomic E-state index is 4.65. The third kappa shape index (κ3) is 2.45. The maximum atomic E-state index is 4.65. The molecule has 0 atom stereocenters. The van der Waals surface area contributed by atoms with Crippen molar-refractivity contribution in [2.75, 3.05) is 0 Å². The second kappa shape index (κ2) is 6.06. The molecule has 0 aliphatic carbocycles. The molecule has 4 nitrogen and oxygen atoms in total. The molecule has 0 unspecified atom stereocenters. The molecule has 2 aromatic heterocycles. The Balaban J connectivity index is 1.78. The van der Waals surface area contributed by atoms with Gasteiger partial charge in [0.15, 0.2) is 0 Å². The zero-order valence-corrected chi connectivity index (χ0v) is 16.6. The van der Waals surface area contributed by atoms with Gasteiger partial charge in [-0.05, 0) is 86.3 Å². The minimum absolute atomic E-state index is 1.01. The standard InChI is InChI=1S/C24H22N4/c1-15-9-19-23(11-17(15)3)27(13-25-19)21-7-5-6-8-22(21)28-14-26-20-10-16(2)18(4)12-24(20)28/h5-14H,1-4H3. The zero-order chi connectivity index (χ0) is 19.4. The molecule has 5 rings (SSSR count). The van der Waals surface area contributed by atoms with Crippen LogP contribution in [0.1, 0.15) is 22.3 Å². The Hall–Kier alpha value is -3.40. The van der Waals surface area contributed by atoms with Crippen LogP contribution in [0.4, 0.5) is 0 Å². The number of hydrogen-bond donors (Lipinski definition) is 0. The van der Waals surface area contributed by atoms with E-state index in [1.807, 2.05) is 12.7 Å². The molecule has 0 spiro atoms. The van der Waals surface area contributed by atoms with E-state index in [0.29, 0.717) is 0 Å². The molecule has 0 amide bonds. The first kappa shape index (κ1) is 16.8. The Bertz CT molecular complexity index is 1250. The van der Waals surface area contributed by atoms with Gasteiger partial charge in [-0.25, -0.2) is 9.97 Å². The number of rotatable bonds is 2. The number of para-hydroxylation sites is 2. The lowest BCUT2D eigenvalue weighted by Crippen LogP contribution is -2.02. The first-order chi connectivity index (χ1) is 13.5. The van der Waals surface area contributed by atoms with Gasteiger partial charge in [-0.3, -0.25) is 9.13 Å². The average molecular weight is 366 g/mol. The summed E-state index contributed by atoms with van der Waals surface area (Å²) in [7, 11) is 0. The number of hydrogen-bond acceptors (Lipinski definition) is 2. The van der Waals surface area contributed by atoms with E-state index in [4.69, 9.17) is 0 Å². The molecule has 0 radical (unpaired) electrons. The van der Waals surface area contributed by atoms with Crippen LogP contribution in [-0.4, -0.2) is 19.1 Å². The van der Waals surface area contributed by atoms with Crippen LogP contribution in [0.25, 0.3) is 33.4 Å². The van der Waals surface area contributed by atoms with Gasteiger partial charge in [-0.2, -0.15) is 0 Å². The zero-order valence-electron chi connectivity index (χ0n) is 16.6. The summed E-state index contributed by atoms with van der Waals surface area (Å²) in [6.07, 6.45) is 3.83. The molecule has 0 fully saturated rings. The van der Waals surface area contributed by atoms with Crippen LogP contribution >= 0.6 is 0 Å². The highest BCUT2D eigenvalue weighted by Gasteiger charge is 2.14. The minimum atomic E-state index is 1.01. The summed E-state index contributed by atoms with van der Waals surface area (Å²) < 4.78 is 4.34. The van der Waals surface area contributed by atoms with Gasteiger partial charge < -0.3 is 0 Å². The summed E-state index contributed by atoms with van der Waals surface area (Å²) in [5.74, 6) is 0. The van der Waals surface area contributed by atoms with Gasteiger partial charge in [0.25, 0.3) is 0 Å². The monoisotopic (exact) mass is 366 g/mol. The molecule has 0 saturated carbocycles. The number of aromatic nitrogens is 4. The van der Waals surface area contributed by atoms with Crippen LogP contribution in [-0.2, 0) is 0 Å². The number of imidazole rings is 2. The van der Waals surface area contributed by atoms with Crippen LogP contribution in [0.2, 0.25) is 0 Å². The van der Waals surface area contributed by atoms with Crippen molar-refractivity contribution >= 4 is 22.1 Å². The van der Waals surface area contributed by atoms with Crippen LogP contribution in [0.5, 0.6) is 0 Å². The number of benzene rings is 3. The number of fused-ring (bicyclic) bond motifs is 2. The summed E-state index contributed by atoms with van der Waals surface area (Å²) >= 11 is 0. The van der Waals surface area contributed by atoms with Crippen LogP contribution < -0.4 is 0 Å². The van der Waals surface area contributed by atoms with Crippen molar-refractivity contribution in [3.05, 3.63) is 83.4 Å². The van der Waals surface area contributed by atoms with E-state index >= 15 is 0 Å². The molecular weight excluding hydrogens is 344 g/mol.